The van der Waals surface area contributed by atoms with E-state index in [1.165, 1.54) is 16.7 Å². The number of nitrogens with one attached hydrogen (secondary N) is 1. The Bertz CT molecular complexity index is 1150. The van der Waals surface area contributed by atoms with Crippen LogP contribution in [0, 0.1) is 20.8 Å². The molecule has 0 saturated heterocycles. The average molecular weight is 372 g/mol. The second-order valence-electron chi connectivity index (χ2n) is 7.10. The van der Waals surface area contributed by atoms with Gasteiger partial charge in [0, 0.05) is 12.1 Å². The van der Waals surface area contributed by atoms with Gasteiger partial charge in [-0.25, -0.2) is 9.50 Å². The third kappa shape index (κ3) is 3.43. The van der Waals surface area contributed by atoms with Crippen LogP contribution in [0.25, 0.3) is 16.9 Å². The summed E-state index contributed by atoms with van der Waals surface area (Å²) in [5.74, 6) is 1.67. The van der Waals surface area contributed by atoms with Crippen LogP contribution < -0.4 is 10.1 Å². The molecule has 0 unspecified atom stereocenters. The number of aryl methyl sites for hydroxylation is 3. The molecule has 0 bridgehead atoms. The van der Waals surface area contributed by atoms with Gasteiger partial charge in [0.15, 0.2) is 5.65 Å². The first-order valence-electron chi connectivity index (χ1n) is 9.35. The van der Waals surface area contributed by atoms with Gasteiger partial charge in [-0.1, -0.05) is 35.9 Å². The summed E-state index contributed by atoms with van der Waals surface area (Å²) in [6.07, 6.45) is 1.85. The molecule has 4 aromatic rings. The minimum Gasteiger partial charge on any atom is -0.496 e. The van der Waals surface area contributed by atoms with Crippen molar-refractivity contribution in [2.24, 2.45) is 0 Å². The fourth-order valence-electron chi connectivity index (χ4n) is 3.37. The van der Waals surface area contributed by atoms with E-state index >= 15 is 0 Å². The quantitative estimate of drug-likeness (QED) is 0.539. The fourth-order valence-corrected chi connectivity index (χ4v) is 3.37. The third-order valence-electron chi connectivity index (χ3n) is 5.02. The summed E-state index contributed by atoms with van der Waals surface area (Å²) in [6.45, 7) is 7.01. The lowest BCUT2D eigenvalue weighted by molar-refractivity contribution is 0.412. The van der Waals surface area contributed by atoms with Gasteiger partial charge in [0.05, 0.1) is 19.0 Å². The van der Waals surface area contributed by atoms with Crippen LogP contribution >= 0.6 is 0 Å². The SMILES string of the molecule is COc1cc(-c2cnc3ccc(NCc4ccc(C)cc4C)nn23)ccc1C. The molecular weight excluding hydrogens is 348 g/mol. The van der Waals surface area contributed by atoms with Crippen LogP contribution in [0.1, 0.15) is 22.3 Å². The normalized spacial score (nSPS) is 11.0. The molecule has 5 nitrogen and oxygen atoms in total. The Morgan fingerprint density at radius 3 is 2.61 bits per heavy atom. The smallest absolute Gasteiger partial charge is 0.154 e. The largest absolute Gasteiger partial charge is 0.496 e. The number of aromatic nitrogens is 3. The van der Waals surface area contributed by atoms with Gasteiger partial charge in [0.25, 0.3) is 0 Å². The van der Waals surface area contributed by atoms with Crippen LogP contribution in [0.4, 0.5) is 5.82 Å². The molecule has 0 fully saturated rings. The van der Waals surface area contributed by atoms with E-state index in [0.29, 0.717) is 0 Å². The first kappa shape index (κ1) is 18.0. The molecule has 0 amide bonds. The summed E-state index contributed by atoms with van der Waals surface area (Å²) in [5, 5.41) is 8.18. The highest BCUT2D eigenvalue weighted by Crippen LogP contribution is 2.27. The Morgan fingerprint density at radius 2 is 1.82 bits per heavy atom. The maximum atomic E-state index is 5.46. The van der Waals surface area contributed by atoms with Crippen LogP contribution in [0.3, 0.4) is 0 Å². The molecule has 1 N–H and O–H groups in total. The summed E-state index contributed by atoms with van der Waals surface area (Å²) in [5.41, 5.74) is 7.69. The standard InChI is InChI=1S/C23H24N4O/c1-15-5-7-19(17(3)11-15)13-24-22-9-10-23-25-14-20(27(23)26-22)18-8-6-16(2)21(12-18)28-4/h5-12,14H,13H2,1-4H3,(H,24,26). The molecule has 2 aromatic heterocycles. The van der Waals surface area contributed by atoms with Gasteiger partial charge in [-0.3, -0.25) is 0 Å². The number of fused-ring (bicyclic) bond motifs is 1. The van der Waals surface area contributed by atoms with Crippen molar-refractivity contribution >= 4 is 11.5 Å². The van der Waals surface area contributed by atoms with Crippen molar-refractivity contribution in [3.63, 3.8) is 0 Å². The number of hydrogen-bond acceptors (Lipinski definition) is 4. The molecule has 0 aliphatic rings. The Labute approximate surface area is 165 Å². The molecule has 4 rings (SSSR count). The summed E-state index contributed by atoms with van der Waals surface area (Å²) in [7, 11) is 1.69. The van der Waals surface area contributed by atoms with Crippen LogP contribution in [0.5, 0.6) is 5.75 Å². The van der Waals surface area contributed by atoms with E-state index in [1.54, 1.807) is 7.11 Å². The fraction of sp³-hybridized carbons (Fsp3) is 0.217. The predicted octanol–water partition coefficient (Wildman–Crippen LogP) is 4.94. The molecule has 0 spiro atoms. The number of rotatable bonds is 5. The van der Waals surface area contributed by atoms with Crippen LogP contribution in [0.15, 0.2) is 54.7 Å². The predicted molar refractivity (Wildman–Crippen MR) is 113 cm³/mol. The Morgan fingerprint density at radius 1 is 0.964 bits per heavy atom. The van der Waals surface area contributed by atoms with E-state index < -0.39 is 0 Å². The lowest BCUT2D eigenvalue weighted by Crippen LogP contribution is -2.06. The lowest BCUT2D eigenvalue weighted by atomic mass is 10.1. The minimum absolute atomic E-state index is 0.729. The van der Waals surface area contributed by atoms with E-state index in [9.17, 15) is 0 Å². The third-order valence-corrected chi connectivity index (χ3v) is 5.02. The van der Waals surface area contributed by atoms with Gasteiger partial charge >= 0.3 is 0 Å². The van der Waals surface area contributed by atoms with E-state index in [0.717, 1.165) is 40.6 Å². The van der Waals surface area contributed by atoms with Gasteiger partial charge in [-0.2, -0.15) is 0 Å². The van der Waals surface area contributed by atoms with Gasteiger partial charge in [0.2, 0.25) is 0 Å². The number of ether oxygens (including phenoxy) is 1. The van der Waals surface area contributed by atoms with Gasteiger partial charge in [-0.05, 0) is 55.7 Å². The maximum Gasteiger partial charge on any atom is 0.154 e. The Kier molecular flexibility index (Phi) is 4.74. The number of anilines is 1. The number of nitrogens with zero attached hydrogens (tertiary/aromatic N) is 3. The summed E-state index contributed by atoms with van der Waals surface area (Å²) in [6, 6.07) is 16.6. The Hall–Kier alpha value is -3.34. The van der Waals surface area contributed by atoms with Gasteiger partial charge < -0.3 is 10.1 Å². The zero-order valence-corrected chi connectivity index (χ0v) is 16.7. The Balaban J connectivity index is 1.64. The number of benzene rings is 2. The second-order valence-corrected chi connectivity index (χ2v) is 7.10. The highest BCUT2D eigenvalue weighted by Gasteiger charge is 2.10. The van der Waals surface area contributed by atoms with Crippen molar-refractivity contribution in [2.75, 3.05) is 12.4 Å². The second kappa shape index (κ2) is 7.35. The average Bonchev–Trinajstić information content (AvgIpc) is 3.11. The molecule has 0 atom stereocenters. The minimum atomic E-state index is 0.729. The molecule has 2 heterocycles. The van der Waals surface area contributed by atoms with E-state index in [-0.39, 0.29) is 0 Å². The number of methoxy groups -OCH3 is 1. The summed E-state index contributed by atoms with van der Waals surface area (Å²) < 4.78 is 7.33. The van der Waals surface area contributed by atoms with Crippen molar-refractivity contribution in [2.45, 2.75) is 27.3 Å². The number of imidazole rings is 1. The van der Waals surface area contributed by atoms with Crippen LogP contribution in [0.2, 0.25) is 0 Å². The van der Waals surface area contributed by atoms with Crippen molar-refractivity contribution in [1.82, 2.24) is 14.6 Å². The molecule has 0 aliphatic heterocycles. The van der Waals surface area contributed by atoms with Crippen molar-refractivity contribution in [3.05, 3.63) is 77.0 Å². The first-order valence-corrected chi connectivity index (χ1v) is 9.35. The van der Waals surface area contributed by atoms with E-state index in [4.69, 9.17) is 9.84 Å². The summed E-state index contributed by atoms with van der Waals surface area (Å²) >= 11 is 0. The topological polar surface area (TPSA) is 51.5 Å². The highest BCUT2D eigenvalue weighted by atomic mass is 16.5. The molecule has 142 valence electrons. The monoisotopic (exact) mass is 372 g/mol. The van der Waals surface area contributed by atoms with E-state index in [1.807, 2.05) is 35.8 Å². The number of hydrogen-bond donors (Lipinski definition) is 1. The van der Waals surface area contributed by atoms with Gasteiger partial charge in [0.1, 0.15) is 11.6 Å². The first-order chi connectivity index (χ1) is 13.5. The van der Waals surface area contributed by atoms with Crippen molar-refractivity contribution in [3.8, 4) is 17.0 Å². The zero-order chi connectivity index (χ0) is 19.7. The zero-order valence-electron chi connectivity index (χ0n) is 16.7. The molecule has 0 aliphatic carbocycles. The van der Waals surface area contributed by atoms with Crippen LogP contribution in [-0.4, -0.2) is 21.7 Å². The molecule has 5 heteroatoms. The molecule has 0 radical (unpaired) electrons. The maximum absolute atomic E-state index is 5.46. The van der Waals surface area contributed by atoms with Crippen molar-refractivity contribution in [1.29, 1.82) is 0 Å². The summed E-state index contributed by atoms with van der Waals surface area (Å²) in [4.78, 5) is 4.49. The van der Waals surface area contributed by atoms with Gasteiger partial charge in [-0.15, -0.1) is 5.10 Å². The molecular formula is C23H24N4O. The van der Waals surface area contributed by atoms with Crippen molar-refractivity contribution < 1.29 is 4.74 Å². The van der Waals surface area contributed by atoms with E-state index in [2.05, 4.69) is 54.5 Å². The molecule has 2 aromatic carbocycles. The highest BCUT2D eigenvalue weighted by molar-refractivity contribution is 5.66. The molecule has 0 saturated carbocycles. The lowest BCUT2D eigenvalue weighted by Gasteiger charge is -2.10. The van der Waals surface area contributed by atoms with Crippen LogP contribution in [-0.2, 0) is 6.54 Å². The molecule has 28 heavy (non-hydrogen) atoms.